The van der Waals surface area contributed by atoms with E-state index in [2.05, 4.69) is 21.0 Å². The van der Waals surface area contributed by atoms with E-state index in [9.17, 15) is 5.11 Å². The first-order valence-electron chi connectivity index (χ1n) is 5.61. The van der Waals surface area contributed by atoms with Gasteiger partial charge < -0.3 is 5.11 Å². The minimum Gasteiger partial charge on any atom is -0.389 e. The maximum absolute atomic E-state index is 9.60. The molecular formula is C13H14BrClN2O. The summed E-state index contributed by atoms with van der Waals surface area (Å²) >= 11 is 9.60. The fraction of sp³-hybridized carbons (Fsp3) is 0.308. The molecule has 0 aliphatic carbocycles. The van der Waals surface area contributed by atoms with Crippen molar-refractivity contribution in [1.29, 1.82) is 0 Å². The van der Waals surface area contributed by atoms with Crippen LogP contribution in [0.25, 0.3) is 5.69 Å². The van der Waals surface area contributed by atoms with Crippen molar-refractivity contribution in [3.63, 3.8) is 0 Å². The van der Waals surface area contributed by atoms with Gasteiger partial charge in [-0.15, -0.1) is 0 Å². The van der Waals surface area contributed by atoms with E-state index >= 15 is 0 Å². The minimum absolute atomic E-state index is 0.502. The Hall–Kier alpha value is -0.840. The molecule has 1 aromatic carbocycles. The summed E-state index contributed by atoms with van der Waals surface area (Å²) in [6.07, 6.45) is -0.502. The van der Waals surface area contributed by atoms with Crippen LogP contribution >= 0.6 is 27.5 Å². The van der Waals surface area contributed by atoms with Crippen molar-refractivity contribution in [1.82, 2.24) is 9.78 Å². The number of rotatable bonds is 2. The van der Waals surface area contributed by atoms with Crippen LogP contribution < -0.4 is 0 Å². The van der Waals surface area contributed by atoms with Gasteiger partial charge in [-0.2, -0.15) is 5.10 Å². The van der Waals surface area contributed by atoms with Gasteiger partial charge in [0.25, 0.3) is 0 Å². The zero-order valence-electron chi connectivity index (χ0n) is 10.4. The molecule has 0 amide bonds. The van der Waals surface area contributed by atoms with Crippen LogP contribution in [-0.2, 0) is 0 Å². The second-order valence-corrected chi connectivity index (χ2v) is 5.51. The molecule has 0 saturated carbocycles. The highest BCUT2D eigenvalue weighted by atomic mass is 79.9. The Labute approximate surface area is 120 Å². The van der Waals surface area contributed by atoms with Crippen LogP contribution in [0.3, 0.4) is 0 Å². The fourth-order valence-corrected chi connectivity index (χ4v) is 2.68. The Bertz CT molecular complexity index is 593. The van der Waals surface area contributed by atoms with Crippen LogP contribution in [0.5, 0.6) is 0 Å². The summed E-state index contributed by atoms with van der Waals surface area (Å²) in [6.45, 7) is 5.55. The predicted octanol–water partition coefficient (Wildman–Crippen LogP) is 3.96. The summed E-state index contributed by atoms with van der Waals surface area (Å²) < 4.78 is 2.66. The molecule has 3 nitrogen and oxygen atoms in total. The lowest BCUT2D eigenvalue weighted by molar-refractivity contribution is 0.198. The summed E-state index contributed by atoms with van der Waals surface area (Å²) in [4.78, 5) is 0. The van der Waals surface area contributed by atoms with E-state index in [0.717, 1.165) is 27.1 Å². The van der Waals surface area contributed by atoms with Gasteiger partial charge in [-0.05, 0) is 38.5 Å². The molecule has 1 atom stereocenters. The quantitative estimate of drug-likeness (QED) is 0.905. The van der Waals surface area contributed by atoms with Crippen LogP contribution in [-0.4, -0.2) is 14.9 Å². The molecule has 2 aromatic rings. The average Bonchev–Trinajstić information content (AvgIpc) is 2.56. The Morgan fingerprint density at radius 3 is 2.50 bits per heavy atom. The number of halogens is 2. The number of aryl methyl sites for hydroxylation is 1. The third kappa shape index (κ3) is 2.32. The lowest BCUT2D eigenvalue weighted by Gasteiger charge is -2.10. The predicted molar refractivity (Wildman–Crippen MR) is 76.4 cm³/mol. The summed E-state index contributed by atoms with van der Waals surface area (Å²) in [7, 11) is 0. The lowest BCUT2D eigenvalue weighted by atomic mass is 10.1. The molecule has 0 spiro atoms. The van der Waals surface area contributed by atoms with Gasteiger partial charge in [0.05, 0.1) is 28.2 Å². The van der Waals surface area contributed by atoms with Gasteiger partial charge in [0.15, 0.2) is 0 Å². The molecule has 0 unspecified atom stereocenters. The van der Waals surface area contributed by atoms with Crippen molar-refractivity contribution in [3.8, 4) is 5.69 Å². The highest BCUT2D eigenvalue weighted by Crippen LogP contribution is 2.28. The molecule has 0 bridgehead atoms. The van der Waals surface area contributed by atoms with E-state index in [1.807, 2.05) is 32.0 Å². The van der Waals surface area contributed by atoms with Crippen molar-refractivity contribution >= 4 is 27.5 Å². The average molecular weight is 330 g/mol. The maximum atomic E-state index is 9.60. The molecule has 5 heteroatoms. The normalized spacial score (nSPS) is 12.8. The summed E-state index contributed by atoms with van der Waals surface area (Å²) in [6, 6.07) is 5.73. The van der Waals surface area contributed by atoms with E-state index in [-0.39, 0.29) is 0 Å². The SMILES string of the molecule is Cc1nn(-c2ccc([C@H](C)O)c(Br)c2)c(C)c1Cl. The smallest absolute Gasteiger partial charge is 0.0848 e. The third-order valence-corrected chi connectivity index (χ3v) is 4.12. The maximum Gasteiger partial charge on any atom is 0.0848 e. The third-order valence-electron chi connectivity index (χ3n) is 2.88. The molecule has 96 valence electrons. The second kappa shape index (κ2) is 5.03. The number of benzene rings is 1. The van der Waals surface area contributed by atoms with Crippen molar-refractivity contribution in [2.75, 3.05) is 0 Å². The van der Waals surface area contributed by atoms with E-state index in [0.29, 0.717) is 5.02 Å². The number of aliphatic hydroxyl groups excluding tert-OH is 1. The molecule has 1 heterocycles. The Morgan fingerprint density at radius 1 is 1.39 bits per heavy atom. The number of aliphatic hydroxyl groups is 1. The molecule has 2 rings (SSSR count). The molecule has 0 radical (unpaired) electrons. The van der Waals surface area contributed by atoms with E-state index in [4.69, 9.17) is 11.6 Å². The first kappa shape index (κ1) is 13.6. The first-order valence-corrected chi connectivity index (χ1v) is 6.78. The molecular weight excluding hydrogens is 316 g/mol. The van der Waals surface area contributed by atoms with Gasteiger partial charge >= 0.3 is 0 Å². The highest BCUT2D eigenvalue weighted by Gasteiger charge is 2.13. The van der Waals surface area contributed by atoms with Crippen LogP contribution in [0.15, 0.2) is 22.7 Å². The molecule has 1 aromatic heterocycles. The van der Waals surface area contributed by atoms with Crippen molar-refractivity contribution in [2.24, 2.45) is 0 Å². The van der Waals surface area contributed by atoms with Crippen LogP contribution in [0.2, 0.25) is 5.02 Å². The van der Waals surface area contributed by atoms with Gasteiger partial charge in [-0.3, -0.25) is 0 Å². The van der Waals surface area contributed by atoms with E-state index < -0.39 is 6.10 Å². The molecule has 0 aliphatic heterocycles. The summed E-state index contributed by atoms with van der Waals surface area (Å²) in [5, 5.41) is 14.7. The summed E-state index contributed by atoms with van der Waals surface area (Å²) in [5.74, 6) is 0. The van der Waals surface area contributed by atoms with Crippen molar-refractivity contribution < 1.29 is 5.11 Å². The van der Waals surface area contributed by atoms with Gasteiger partial charge in [0.1, 0.15) is 0 Å². The number of hydrogen-bond acceptors (Lipinski definition) is 2. The Morgan fingerprint density at radius 2 is 2.06 bits per heavy atom. The number of hydrogen-bond donors (Lipinski definition) is 1. The van der Waals surface area contributed by atoms with Crippen LogP contribution in [0.4, 0.5) is 0 Å². The van der Waals surface area contributed by atoms with Gasteiger partial charge in [-0.25, -0.2) is 4.68 Å². The van der Waals surface area contributed by atoms with Crippen LogP contribution in [0.1, 0.15) is 30.0 Å². The largest absolute Gasteiger partial charge is 0.389 e. The molecule has 0 fully saturated rings. The van der Waals surface area contributed by atoms with E-state index in [1.54, 1.807) is 11.6 Å². The fourth-order valence-electron chi connectivity index (χ4n) is 1.86. The van der Waals surface area contributed by atoms with Crippen molar-refractivity contribution in [2.45, 2.75) is 26.9 Å². The van der Waals surface area contributed by atoms with E-state index in [1.165, 1.54) is 0 Å². The highest BCUT2D eigenvalue weighted by molar-refractivity contribution is 9.10. The standard InChI is InChI=1S/C13H14BrClN2O/c1-7-13(15)8(2)17(16-7)10-4-5-11(9(3)18)12(14)6-10/h4-6,9,18H,1-3H3/t9-/m0/s1. The van der Waals surface area contributed by atoms with Gasteiger partial charge in [-0.1, -0.05) is 33.6 Å². The second-order valence-electron chi connectivity index (χ2n) is 4.28. The Balaban J connectivity index is 2.52. The molecule has 1 N–H and O–H groups in total. The zero-order valence-corrected chi connectivity index (χ0v) is 12.7. The van der Waals surface area contributed by atoms with Gasteiger partial charge in [0, 0.05) is 4.47 Å². The number of aromatic nitrogens is 2. The van der Waals surface area contributed by atoms with Crippen LogP contribution in [0, 0.1) is 13.8 Å². The number of nitrogens with zero attached hydrogens (tertiary/aromatic N) is 2. The first-order chi connectivity index (χ1) is 8.41. The van der Waals surface area contributed by atoms with Crippen molar-refractivity contribution in [3.05, 3.63) is 44.6 Å². The molecule has 0 aliphatic rings. The lowest BCUT2D eigenvalue weighted by Crippen LogP contribution is -2.01. The summed E-state index contributed by atoms with van der Waals surface area (Å²) in [5.41, 5.74) is 3.49. The zero-order chi connectivity index (χ0) is 13.4. The molecule has 0 saturated heterocycles. The topological polar surface area (TPSA) is 38.0 Å². The Kier molecular flexibility index (Phi) is 3.80. The molecule has 18 heavy (non-hydrogen) atoms. The van der Waals surface area contributed by atoms with Gasteiger partial charge in [0.2, 0.25) is 0 Å². The minimum atomic E-state index is -0.502. The monoisotopic (exact) mass is 328 g/mol.